The molecule has 0 bridgehead atoms. The van der Waals surface area contributed by atoms with Crippen molar-refractivity contribution in [2.75, 3.05) is 12.0 Å². The van der Waals surface area contributed by atoms with Crippen LogP contribution in [0, 0.1) is 0 Å². The van der Waals surface area contributed by atoms with E-state index in [9.17, 15) is 29.4 Å². The Morgan fingerprint density at radius 3 is 2.40 bits per heavy atom. The first-order valence-corrected chi connectivity index (χ1v) is 14.1. The number of aromatic amines is 2. The first-order valence-electron chi connectivity index (χ1n) is 12.7. The van der Waals surface area contributed by atoms with Crippen molar-refractivity contribution in [2.45, 2.75) is 56.5 Å². The normalized spacial score (nSPS) is 15.0. The predicted octanol–water partition coefficient (Wildman–Crippen LogP) is -0.324. The van der Waals surface area contributed by atoms with Crippen LogP contribution in [0.25, 0.3) is 10.9 Å². The van der Waals surface area contributed by atoms with Gasteiger partial charge in [0.15, 0.2) is 0 Å². The van der Waals surface area contributed by atoms with Gasteiger partial charge in [-0.2, -0.15) is 11.8 Å². The van der Waals surface area contributed by atoms with Crippen LogP contribution in [0.15, 0.2) is 43.0 Å². The fourth-order valence-corrected chi connectivity index (χ4v) is 4.61. The number of carboxylic acid groups (broad SMARTS) is 1. The zero-order valence-corrected chi connectivity index (χ0v) is 23.0. The minimum Gasteiger partial charge on any atom is -0.480 e. The second kappa shape index (κ2) is 14.5. The van der Waals surface area contributed by atoms with Crippen molar-refractivity contribution in [3.63, 3.8) is 0 Å². The van der Waals surface area contributed by atoms with Gasteiger partial charge in [0.05, 0.1) is 18.5 Å². The van der Waals surface area contributed by atoms with Crippen molar-refractivity contribution >= 4 is 46.4 Å². The number of carbonyl (C=O) groups is 4. The Morgan fingerprint density at radius 2 is 1.75 bits per heavy atom. The molecule has 2 heterocycles. The maximum Gasteiger partial charge on any atom is 0.326 e. The molecule has 0 saturated heterocycles. The average molecular weight is 574 g/mol. The molecular weight excluding hydrogens is 538 g/mol. The van der Waals surface area contributed by atoms with E-state index in [1.165, 1.54) is 31.2 Å². The van der Waals surface area contributed by atoms with E-state index in [-0.39, 0.29) is 12.8 Å². The van der Waals surface area contributed by atoms with Gasteiger partial charge in [-0.25, -0.2) is 9.78 Å². The Balaban J connectivity index is 1.73. The highest BCUT2D eigenvalue weighted by atomic mass is 32.2. The Labute approximate surface area is 235 Å². The summed E-state index contributed by atoms with van der Waals surface area (Å²) in [6, 6.07) is 2.52. The van der Waals surface area contributed by atoms with Gasteiger partial charge >= 0.3 is 5.97 Å². The lowest BCUT2D eigenvalue weighted by molar-refractivity contribution is -0.143. The maximum atomic E-state index is 13.3. The van der Waals surface area contributed by atoms with E-state index in [1.807, 2.05) is 30.5 Å². The van der Waals surface area contributed by atoms with Gasteiger partial charge in [0, 0.05) is 41.8 Å². The predicted molar refractivity (Wildman–Crippen MR) is 150 cm³/mol. The number of benzene rings is 1. The lowest BCUT2D eigenvalue weighted by atomic mass is 10.0. The van der Waals surface area contributed by atoms with Crippen molar-refractivity contribution in [1.82, 2.24) is 30.9 Å². The van der Waals surface area contributed by atoms with Gasteiger partial charge in [-0.05, 0) is 37.0 Å². The number of aromatic nitrogens is 3. The molecule has 5 unspecified atom stereocenters. The fourth-order valence-electron chi connectivity index (χ4n) is 4.12. The zero-order chi connectivity index (χ0) is 29.2. The minimum absolute atomic E-state index is 0.0132. The van der Waals surface area contributed by atoms with E-state index in [0.717, 1.165) is 10.9 Å². The summed E-state index contributed by atoms with van der Waals surface area (Å²) in [5.41, 5.74) is 8.00. The molecule has 9 N–H and O–H groups in total. The van der Waals surface area contributed by atoms with Gasteiger partial charge < -0.3 is 41.9 Å². The highest BCUT2D eigenvalue weighted by molar-refractivity contribution is 7.98. The number of nitrogens with two attached hydrogens (primary N) is 1. The molecule has 216 valence electrons. The number of fused-ring (bicyclic) bond motifs is 1. The maximum absolute atomic E-state index is 13.3. The SMILES string of the molecule is CSCCC(N)C(=O)NC(Cc1cnc[nH]1)C(=O)NC(C(=O)NC(Cc1c[nH]c2ccccc12)C(=O)O)C(C)O. The third-order valence-electron chi connectivity index (χ3n) is 6.36. The van der Waals surface area contributed by atoms with Gasteiger partial charge in [0.2, 0.25) is 17.7 Å². The first kappa shape index (κ1) is 30.7. The number of para-hydroxylation sites is 1. The summed E-state index contributed by atoms with van der Waals surface area (Å²) < 4.78 is 0. The second-order valence-corrected chi connectivity index (χ2v) is 10.4. The summed E-state index contributed by atoms with van der Waals surface area (Å²) in [6.07, 6.45) is 5.47. The first-order chi connectivity index (χ1) is 19.1. The third kappa shape index (κ3) is 8.31. The molecule has 3 rings (SSSR count). The van der Waals surface area contributed by atoms with E-state index in [2.05, 4.69) is 30.9 Å². The summed E-state index contributed by atoms with van der Waals surface area (Å²) in [7, 11) is 0. The molecular formula is C26H35N7O6S. The Hall–Kier alpha value is -3.88. The zero-order valence-electron chi connectivity index (χ0n) is 22.2. The second-order valence-electron chi connectivity index (χ2n) is 9.42. The third-order valence-corrected chi connectivity index (χ3v) is 7.00. The van der Waals surface area contributed by atoms with Crippen LogP contribution in [0.2, 0.25) is 0 Å². The number of hydrogen-bond acceptors (Lipinski definition) is 8. The van der Waals surface area contributed by atoms with Crippen molar-refractivity contribution in [3.05, 3.63) is 54.2 Å². The molecule has 0 spiro atoms. The van der Waals surface area contributed by atoms with E-state index in [1.54, 1.807) is 6.20 Å². The lowest BCUT2D eigenvalue weighted by Crippen LogP contribution is -2.60. The smallest absolute Gasteiger partial charge is 0.326 e. The quantitative estimate of drug-likeness (QED) is 0.119. The van der Waals surface area contributed by atoms with E-state index in [0.29, 0.717) is 23.4 Å². The molecule has 0 aliphatic heterocycles. The number of carboxylic acids is 1. The lowest BCUT2D eigenvalue weighted by Gasteiger charge is -2.26. The highest BCUT2D eigenvalue weighted by Gasteiger charge is 2.33. The van der Waals surface area contributed by atoms with Gasteiger partial charge in [-0.1, -0.05) is 18.2 Å². The molecule has 2 aromatic heterocycles. The number of aliphatic hydroxyl groups is 1. The molecule has 5 atom stereocenters. The fraction of sp³-hybridized carbons (Fsp3) is 0.423. The molecule has 1 aromatic carbocycles. The van der Waals surface area contributed by atoms with Crippen LogP contribution in [0.1, 0.15) is 24.6 Å². The summed E-state index contributed by atoms with van der Waals surface area (Å²) in [5, 5.41) is 28.4. The van der Waals surface area contributed by atoms with E-state index < -0.39 is 54.0 Å². The van der Waals surface area contributed by atoms with Gasteiger partial charge in [-0.3, -0.25) is 14.4 Å². The summed E-state index contributed by atoms with van der Waals surface area (Å²) in [4.78, 5) is 60.9. The number of rotatable bonds is 15. The summed E-state index contributed by atoms with van der Waals surface area (Å²) in [6.45, 7) is 1.29. The van der Waals surface area contributed by atoms with Crippen LogP contribution in [-0.2, 0) is 32.0 Å². The largest absolute Gasteiger partial charge is 0.480 e. The molecule has 0 aliphatic rings. The number of aliphatic hydroxyl groups excluding tert-OH is 1. The van der Waals surface area contributed by atoms with Crippen molar-refractivity contribution in [3.8, 4) is 0 Å². The van der Waals surface area contributed by atoms with E-state index >= 15 is 0 Å². The van der Waals surface area contributed by atoms with Crippen molar-refractivity contribution < 1.29 is 29.4 Å². The van der Waals surface area contributed by atoms with Crippen LogP contribution < -0.4 is 21.7 Å². The van der Waals surface area contributed by atoms with Crippen LogP contribution in [0.5, 0.6) is 0 Å². The van der Waals surface area contributed by atoms with Gasteiger partial charge in [0.1, 0.15) is 18.1 Å². The van der Waals surface area contributed by atoms with Crippen molar-refractivity contribution in [2.24, 2.45) is 5.73 Å². The molecule has 14 heteroatoms. The Morgan fingerprint density at radius 1 is 1.02 bits per heavy atom. The van der Waals surface area contributed by atoms with E-state index in [4.69, 9.17) is 5.73 Å². The molecule has 3 amide bonds. The van der Waals surface area contributed by atoms with Crippen molar-refractivity contribution in [1.29, 1.82) is 0 Å². The topological polar surface area (TPSA) is 215 Å². The van der Waals surface area contributed by atoms with Crippen LogP contribution in [0.4, 0.5) is 0 Å². The number of amides is 3. The van der Waals surface area contributed by atoms with Crippen LogP contribution >= 0.6 is 11.8 Å². The molecule has 13 nitrogen and oxygen atoms in total. The number of nitrogens with zero attached hydrogens (tertiary/aromatic N) is 1. The molecule has 40 heavy (non-hydrogen) atoms. The summed E-state index contributed by atoms with van der Waals surface area (Å²) >= 11 is 1.53. The molecule has 0 saturated carbocycles. The number of aliphatic carboxylic acids is 1. The highest BCUT2D eigenvalue weighted by Crippen LogP contribution is 2.19. The standard InChI is InChI=1S/C26H35N7O6S/c1-14(34)22(25(37)32-21(26(38)39)9-15-11-29-19-6-4-3-5-17(15)19)33-24(36)20(10-16-12-28-13-30-16)31-23(35)18(27)7-8-40-2/h3-6,11-14,18,20-22,29,34H,7-10,27H2,1-2H3,(H,28,30)(H,31,35)(H,32,37)(H,33,36)(H,38,39). The van der Waals surface area contributed by atoms with Gasteiger partial charge in [0.25, 0.3) is 0 Å². The molecule has 3 aromatic rings. The average Bonchev–Trinajstić information content (AvgIpc) is 3.59. The molecule has 0 radical (unpaired) electrons. The van der Waals surface area contributed by atoms with Crippen LogP contribution in [0.3, 0.4) is 0 Å². The number of nitrogens with one attached hydrogen (secondary N) is 5. The molecule has 0 aliphatic carbocycles. The number of hydrogen-bond donors (Lipinski definition) is 8. The molecule has 0 fully saturated rings. The van der Waals surface area contributed by atoms with Gasteiger partial charge in [-0.15, -0.1) is 0 Å². The number of imidazole rings is 1. The number of thioether (sulfide) groups is 1. The minimum atomic E-state index is -1.50. The summed E-state index contributed by atoms with van der Waals surface area (Å²) in [5.74, 6) is -2.82. The number of carbonyl (C=O) groups excluding carboxylic acids is 3. The Kier molecular flexibility index (Phi) is 11.1. The number of H-pyrrole nitrogens is 2. The monoisotopic (exact) mass is 573 g/mol. The van der Waals surface area contributed by atoms with Crippen LogP contribution in [-0.4, -0.2) is 91.1 Å². The Bertz CT molecular complexity index is 1300.